The second kappa shape index (κ2) is 11.4. The monoisotopic (exact) mass is 360 g/mol. The van der Waals surface area contributed by atoms with Gasteiger partial charge in [-0.1, -0.05) is 13.3 Å². The molecule has 1 aromatic rings. The third kappa shape index (κ3) is 6.90. The Morgan fingerprint density at radius 3 is 2.08 bits per heavy atom. The number of ether oxygens (including phenoxy) is 1. The van der Waals surface area contributed by atoms with Crippen LogP contribution in [0.1, 0.15) is 37.3 Å². The Bertz CT molecular complexity index is 474. The van der Waals surface area contributed by atoms with Crippen molar-refractivity contribution in [3.8, 4) is 0 Å². The van der Waals surface area contributed by atoms with E-state index >= 15 is 0 Å². The van der Waals surface area contributed by atoms with Crippen LogP contribution in [0.2, 0.25) is 0 Å². The summed E-state index contributed by atoms with van der Waals surface area (Å²) in [6.45, 7) is 0.425. The number of aliphatic hydroxyl groups excluding tert-OH is 6. The predicted molar refractivity (Wildman–Crippen MR) is 87.5 cm³/mol. The molecule has 0 spiro atoms. The number of rotatable bonds is 12. The summed E-state index contributed by atoms with van der Waals surface area (Å²) < 4.78 is 5.67. The van der Waals surface area contributed by atoms with Gasteiger partial charge < -0.3 is 35.4 Å². The van der Waals surface area contributed by atoms with Crippen LogP contribution in [0.5, 0.6) is 0 Å². The van der Waals surface area contributed by atoms with Gasteiger partial charge in [0.2, 0.25) is 0 Å². The van der Waals surface area contributed by atoms with E-state index in [1.165, 1.54) is 12.4 Å². The summed E-state index contributed by atoms with van der Waals surface area (Å²) in [6.07, 6.45) is -0.768. The van der Waals surface area contributed by atoms with E-state index in [-0.39, 0.29) is 6.42 Å². The van der Waals surface area contributed by atoms with Crippen molar-refractivity contribution in [2.75, 3.05) is 19.8 Å². The molecule has 0 fully saturated rings. The fourth-order valence-corrected chi connectivity index (χ4v) is 2.24. The lowest BCUT2D eigenvalue weighted by Gasteiger charge is -2.25. The molecule has 1 aromatic heterocycles. The molecule has 0 aliphatic rings. The van der Waals surface area contributed by atoms with Gasteiger partial charge in [0.1, 0.15) is 24.4 Å². The SMILES string of the molecule is CCC[C@@H](O[C@H](CO)[C@@H](O)CO)c1cnc(C[C@H](O)[C@H](O)CO)cn1. The lowest BCUT2D eigenvalue weighted by molar-refractivity contribution is -0.114. The fourth-order valence-electron chi connectivity index (χ4n) is 2.24. The van der Waals surface area contributed by atoms with Gasteiger partial charge in [0.25, 0.3) is 0 Å². The normalized spacial score (nSPS) is 17.7. The summed E-state index contributed by atoms with van der Waals surface area (Å²) in [7, 11) is 0. The highest BCUT2D eigenvalue weighted by atomic mass is 16.5. The van der Waals surface area contributed by atoms with Crippen molar-refractivity contribution < 1.29 is 35.4 Å². The predicted octanol–water partition coefficient (Wildman–Crippen LogP) is -1.69. The van der Waals surface area contributed by atoms with Gasteiger partial charge in [-0.2, -0.15) is 0 Å². The molecule has 5 atom stereocenters. The van der Waals surface area contributed by atoms with Crippen LogP contribution in [0.3, 0.4) is 0 Å². The summed E-state index contributed by atoms with van der Waals surface area (Å²) in [5.74, 6) is 0. The Kier molecular flexibility index (Phi) is 9.98. The molecule has 0 aliphatic heterocycles. The molecule has 0 aliphatic carbocycles. The van der Waals surface area contributed by atoms with Gasteiger partial charge in [-0.05, 0) is 6.42 Å². The highest BCUT2D eigenvalue weighted by molar-refractivity contribution is 5.07. The van der Waals surface area contributed by atoms with Crippen LogP contribution in [-0.2, 0) is 11.2 Å². The number of hydrogen-bond acceptors (Lipinski definition) is 9. The first-order valence-electron chi connectivity index (χ1n) is 8.29. The maximum absolute atomic E-state index is 9.69. The Labute approximate surface area is 146 Å². The lowest BCUT2D eigenvalue weighted by Crippen LogP contribution is -2.36. The molecule has 0 radical (unpaired) electrons. The molecule has 0 saturated heterocycles. The van der Waals surface area contributed by atoms with Gasteiger partial charge in [0.05, 0.1) is 43.5 Å². The van der Waals surface area contributed by atoms with E-state index in [4.69, 9.17) is 14.9 Å². The largest absolute Gasteiger partial charge is 0.394 e. The van der Waals surface area contributed by atoms with Crippen molar-refractivity contribution >= 4 is 0 Å². The van der Waals surface area contributed by atoms with Crippen molar-refractivity contribution in [2.24, 2.45) is 0 Å². The average molecular weight is 360 g/mol. The van der Waals surface area contributed by atoms with E-state index in [0.29, 0.717) is 17.8 Å². The molecule has 1 heterocycles. The molecule has 0 amide bonds. The van der Waals surface area contributed by atoms with E-state index in [1.54, 1.807) is 0 Å². The van der Waals surface area contributed by atoms with Gasteiger partial charge in [0.15, 0.2) is 0 Å². The summed E-state index contributed by atoms with van der Waals surface area (Å²) in [5.41, 5.74) is 0.930. The molecule has 0 bridgehead atoms. The molecule has 1 rings (SSSR count). The summed E-state index contributed by atoms with van der Waals surface area (Å²) in [5, 5.41) is 55.8. The molecular weight excluding hydrogens is 332 g/mol. The Hall–Kier alpha value is -1.20. The van der Waals surface area contributed by atoms with Gasteiger partial charge in [0, 0.05) is 12.6 Å². The van der Waals surface area contributed by atoms with Crippen molar-refractivity contribution in [1.29, 1.82) is 0 Å². The highest BCUT2D eigenvalue weighted by Gasteiger charge is 2.25. The van der Waals surface area contributed by atoms with E-state index in [0.717, 1.165) is 6.42 Å². The van der Waals surface area contributed by atoms with E-state index in [2.05, 4.69) is 9.97 Å². The second-order valence-corrected chi connectivity index (χ2v) is 5.84. The first-order valence-corrected chi connectivity index (χ1v) is 8.29. The Morgan fingerprint density at radius 1 is 0.920 bits per heavy atom. The molecule has 25 heavy (non-hydrogen) atoms. The maximum atomic E-state index is 9.69. The van der Waals surface area contributed by atoms with Crippen LogP contribution in [-0.4, -0.2) is 84.8 Å². The number of hydrogen-bond donors (Lipinski definition) is 6. The van der Waals surface area contributed by atoms with E-state index in [9.17, 15) is 20.4 Å². The molecule has 9 nitrogen and oxygen atoms in total. The van der Waals surface area contributed by atoms with E-state index in [1.807, 2.05) is 6.92 Å². The minimum Gasteiger partial charge on any atom is -0.394 e. The first kappa shape index (κ1) is 21.8. The Balaban J connectivity index is 2.80. The topological polar surface area (TPSA) is 156 Å². The fraction of sp³-hybridized carbons (Fsp3) is 0.750. The zero-order chi connectivity index (χ0) is 18.8. The van der Waals surface area contributed by atoms with Crippen LogP contribution < -0.4 is 0 Å². The summed E-state index contributed by atoms with van der Waals surface area (Å²) >= 11 is 0. The van der Waals surface area contributed by atoms with Crippen LogP contribution in [0, 0.1) is 0 Å². The standard InChI is InChI=1S/C16H28N2O7/c1-2-3-15(25-16(9-21)14(24)8-20)11-6-17-10(5-18-11)4-12(22)13(23)7-19/h5-6,12-16,19-24H,2-4,7-9H2,1H3/t12-,13+,14-,15+,16+/m0/s1. The molecular formula is C16H28N2O7. The smallest absolute Gasteiger partial charge is 0.110 e. The molecule has 0 aromatic carbocycles. The number of aliphatic hydroxyl groups is 6. The van der Waals surface area contributed by atoms with Crippen molar-refractivity contribution in [2.45, 2.75) is 56.7 Å². The summed E-state index contributed by atoms with van der Waals surface area (Å²) in [6, 6.07) is 0. The van der Waals surface area contributed by atoms with E-state index < -0.39 is 50.3 Å². The Morgan fingerprint density at radius 2 is 1.60 bits per heavy atom. The molecule has 0 unspecified atom stereocenters. The third-order valence-electron chi connectivity index (χ3n) is 3.79. The van der Waals surface area contributed by atoms with Crippen molar-refractivity contribution in [3.05, 3.63) is 23.8 Å². The summed E-state index contributed by atoms with van der Waals surface area (Å²) in [4.78, 5) is 8.41. The zero-order valence-corrected chi connectivity index (χ0v) is 14.3. The minimum atomic E-state index is -1.25. The first-order chi connectivity index (χ1) is 12.0. The van der Waals surface area contributed by atoms with Crippen LogP contribution in [0.25, 0.3) is 0 Å². The quantitative estimate of drug-likeness (QED) is 0.256. The van der Waals surface area contributed by atoms with Gasteiger partial charge in [-0.15, -0.1) is 0 Å². The van der Waals surface area contributed by atoms with Gasteiger partial charge in [-0.25, -0.2) is 0 Å². The van der Waals surface area contributed by atoms with Crippen LogP contribution in [0.4, 0.5) is 0 Å². The van der Waals surface area contributed by atoms with Crippen LogP contribution >= 0.6 is 0 Å². The minimum absolute atomic E-state index is 0.0385. The molecule has 144 valence electrons. The van der Waals surface area contributed by atoms with Gasteiger partial charge >= 0.3 is 0 Å². The molecule has 0 saturated carbocycles. The van der Waals surface area contributed by atoms with Crippen molar-refractivity contribution in [1.82, 2.24) is 9.97 Å². The van der Waals surface area contributed by atoms with Gasteiger partial charge in [-0.3, -0.25) is 9.97 Å². The molecule has 9 heteroatoms. The zero-order valence-electron chi connectivity index (χ0n) is 14.3. The third-order valence-corrected chi connectivity index (χ3v) is 3.79. The average Bonchev–Trinajstić information content (AvgIpc) is 2.64. The lowest BCUT2D eigenvalue weighted by atomic mass is 10.1. The number of nitrogens with zero attached hydrogens (tertiary/aromatic N) is 2. The number of aromatic nitrogens is 2. The van der Waals surface area contributed by atoms with Crippen molar-refractivity contribution in [3.63, 3.8) is 0 Å². The second-order valence-electron chi connectivity index (χ2n) is 5.84. The maximum Gasteiger partial charge on any atom is 0.110 e. The van der Waals surface area contributed by atoms with Crippen LogP contribution in [0.15, 0.2) is 12.4 Å². The highest BCUT2D eigenvalue weighted by Crippen LogP contribution is 2.23. The molecule has 6 N–H and O–H groups in total.